The molecule has 3 atom stereocenters. The number of alkyl halides is 3. The van der Waals surface area contributed by atoms with Crippen LogP contribution in [-0.2, 0) is 4.79 Å². The number of carbonyl (C=O) groups excluding carboxylic acids is 1. The molecule has 0 aromatic rings. The van der Waals surface area contributed by atoms with Crippen LogP contribution in [0.3, 0.4) is 0 Å². The average molecular weight is 394 g/mol. The maximum absolute atomic E-state index is 12.2. The van der Waals surface area contributed by atoms with E-state index in [0.29, 0.717) is 31.5 Å². The lowest BCUT2D eigenvalue weighted by molar-refractivity contribution is -0.143. The second-order valence-corrected chi connectivity index (χ2v) is 6.60. The molecular weight excluding hydrogens is 366 g/mol. The first-order valence-corrected chi connectivity index (χ1v) is 8.14. The molecule has 1 amide bonds. The monoisotopic (exact) mass is 393 g/mol. The average Bonchev–Trinajstić information content (AvgIpc) is 2.85. The molecule has 24 heavy (non-hydrogen) atoms. The van der Waals surface area contributed by atoms with Crippen molar-refractivity contribution in [1.29, 1.82) is 0 Å². The fourth-order valence-electron chi connectivity index (χ4n) is 3.59. The molecule has 0 bridgehead atoms. The minimum absolute atomic E-state index is 0. The molecule has 0 aromatic carbocycles. The van der Waals surface area contributed by atoms with Gasteiger partial charge in [0.05, 0.1) is 12.6 Å². The van der Waals surface area contributed by atoms with E-state index in [4.69, 9.17) is 0 Å². The summed E-state index contributed by atoms with van der Waals surface area (Å²) in [6, 6.07) is 0.350. The summed E-state index contributed by atoms with van der Waals surface area (Å²) in [6.07, 6.45) is 2.08. The van der Waals surface area contributed by atoms with Gasteiger partial charge < -0.3 is 10.6 Å². The molecule has 0 spiro atoms. The van der Waals surface area contributed by atoms with Gasteiger partial charge >= 0.3 is 6.18 Å². The SMILES string of the molecule is CN(CCCNC(=O)C1CC2CCCCC2N1)CC(F)(F)F.Cl.Cl. The summed E-state index contributed by atoms with van der Waals surface area (Å²) in [5, 5.41) is 6.25. The highest BCUT2D eigenvalue weighted by atomic mass is 35.5. The van der Waals surface area contributed by atoms with E-state index < -0.39 is 12.7 Å². The van der Waals surface area contributed by atoms with Crippen LogP contribution in [0.2, 0.25) is 0 Å². The van der Waals surface area contributed by atoms with Gasteiger partial charge in [-0.1, -0.05) is 12.8 Å². The van der Waals surface area contributed by atoms with Crippen LogP contribution in [-0.4, -0.2) is 55.7 Å². The van der Waals surface area contributed by atoms with Crippen LogP contribution in [0.4, 0.5) is 13.2 Å². The van der Waals surface area contributed by atoms with Crippen molar-refractivity contribution in [2.24, 2.45) is 5.92 Å². The third-order valence-corrected chi connectivity index (χ3v) is 4.64. The topological polar surface area (TPSA) is 44.4 Å². The van der Waals surface area contributed by atoms with E-state index in [1.807, 2.05) is 0 Å². The van der Waals surface area contributed by atoms with E-state index in [1.54, 1.807) is 0 Å². The third kappa shape index (κ3) is 7.76. The number of nitrogens with zero attached hydrogens (tertiary/aromatic N) is 1. The number of carbonyl (C=O) groups is 1. The smallest absolute Gasteiger partial charge is 0.355 e. The van der Waals surface area contributed by atoms with E-state index in [2.05, 4.69) is 10.6 Å². The summed E-state index contributed by atoms with van der Waals surface area (Å²) < 4.78 is 36.5. The van der Waals surface area contributed by atoms with Gasteiger partial charge in [-0.2, -0.15) is 13.2 Å². The van der Waals surface area contributed by atoms with Gasteiger partial charge in [-0.3, -0.25) is 9.69 Å². The normalized spacial score (nSPS) is 26.3. The van der Waals surface area contributed by atoms with Crippen LogP contribution < -0.4 is 10.6 Å². The zero-order chi connectivity index (χ0) is 16.2. The van der Waals surface area contributed by atoms with Crippen molar-refractivity contribution in [1.82, 2.24) is 15.5 Å². The van der Waals surface area contributed by atoms with Gasteiger partial charge in [0.1, 0.15) is 0 Å². The Labute approximate surface area is 154 Å². The van der Waals surface area contributed by atoms with Gasteiger partial charge in [0.15, 0.2) is 0 Å². The molecule has 3 unspecified atom stereocenters. The van der Waals surface area contributed by atoms with Crippen molar-refractivity contribution >= 4 is 30.7 Å². The molecule has 4 nitrogen and oxygen atoms in total. The van der Waals surface area contributed by atoms with Gasteiger partial charge in [0.25, 0.3) is 0 Å². The van der Waals surface area contributed by atoms with E-state index in [0.717, 1.165) is 12.8 Å². The summed E-state index contributed by atoms with van der Waals surface area (Å²) in [7, 11) is 1.44. The molecule has 2 N–H and O–H groups in total. The Bertz CT molecular complexity index is 371. The van der Waals surface area contributed by atoms with E-state index in [-0.39, 0.29) is 36.8 Å². The predicted octanol–water partition coefficient (Wildman–Crippen LogP) is 2.75. The van der Waals surface area contributed by atoms with Gasteiger partial charge in [0.2, 0.25) is 5.91 Å². The Hall–Kier alpha value is -0.240. The summed E-state index contributed by atoms with van der Waals surface area (Å²) in [5.41, 5.74) is 0. The van der Waals surface area contributed by atoms with Crippen molar-refractivity contribution in [3.63, 3.8) is 0 Å². The number of amides is 1. The lowest BCUT2D eigenvalue weighted by atomic mass is 9.85. The summed E-state index contributed by atoms with van der Waals surface area (Å²) in [5.74, 6) is 0.607. The Morgan fingerprint density at radius 2 is 1.92 bits per heavy atom. The lowest BCUT2D eigenvalue weighted by Gasteiger charge is -2.24. The zero-order valence-corrected chi connectivity index (χ0v) is 15.5. The molecule has 2 rings (SSSR count). The lowest BCUT2D eigenvalue weighted by Crippen LogP contribution is -2.43. The highest BCUT2D eigenvalue weighted by Gasteiger charge is 2.38. The molecule has 2 fully saturated rings. The third-order valence-electron chi connectivity index (χ3n) is 4.64. The number of nitrogens with one attached hydrogen (secondary N) is 2. The molecule has 1 saturated carbocycles. The molecule has 144 valence electrons. The van der Waals surface area contributed by atoms with E-state index in [9.17, 15) is 18.0 Å². The standard InChI is InChI=1S/C15H26F3N3O.2ClH/c1-21(10-15(16,17)18)8-4-7-19-14(22)13-9-11-5-2-3-6-12(11)20-13;;/h11-13,20H,2-10H2,1H3,(H,19,22);2*1H. The molecule has 9 heteroatoms. The van der Waals surface area contributed by atoms with Crippen molar-refractivity contribution in [2.75, 3.05) is 26.7 Å². The van der Waals surface area contributed by atoms with E-state index >= 15 is 0 Å². The molecular formula is C15H28Cl2F3N3O. The fourth-order valence-corrected chi connectivity index (χ4v) is 3.59. The van der Waals surface area contributed by atoms with Crippen molar-refractivity contribution in [3.8, 4) is 0 Å². The Kier molecular flexibility index (Phi) is 10.6. The number of hydrogen-bond donors (Lipinski definition) is 2. The largest absolute Gasteiger partial charge is 0.401 e. The molecule has 1 heterocycles. The first-order chi connectivity index (χ1) is 10.3. The molecule has 1 aliphatic heterocycles. The first kappa shape index (κ1) is 23.8. The summed E-state index contributed by atoms with van der Waals surface area (Å²) >= 11 is 0. The molecule has 1 aliphatic carbocycles. The highest BCUT2D eigenvalue weighted by molar-refractivity contribution is 5.85. The van der Waals surface area contributed by atoms with Gasteiger partial charge in [-0.15, -0.1) is 24.8 Å². The second-order valence-electron chi connectivity index (χ2n) is 6.60. The number of hydrogen-bond acceptors (Lipinski definition) is 3. The molecule has 1 saturated heterocycles. The van der Waals surface area contributed by atoms with Crippen LogP contribution in [0.25, 0.3) is 0 Å². The van der Waals surface area contributed by atoms with Crippen molar-refractivity contribution in [2.45, 2.75) is 56.8 Å². The predicted molar refractivity (Wildman–Crippen MR) is 93.0 cm³/mol. The van der Waals surface area contributed by atoms with Crippen LogP contribution in [0.1, 0.15) is 38.5 Å². The van der Waals surface area contributed by atoms with E-state index in [1.165, 1.54) is 31.2 Å². The molecule has 0 radical (unpaired) electrons. The van der Waals surface area contributed by atoms with Crippen LogP contribution >= 0.6 is 24.8 Å². The molecule has 0 aromatic heterocycles. The van der Waals surface area contributed by atoms with Crippen LogP contribution in [0.5, 0.6) is 0 Å². The van der Waals surface area contributed by atoms with Gasteiger partial charge in [-0.25, -0.2) is 0 Å². The zero-order valence-electron chi connectivity index (χ0n) is 13.9. The van der Waals surface area contributed by atoms with Crippen LogP contribution in [0, 0.1) is 5.92 Å². The minimum atomic E-state index is -4.16. The Balaban J connectivity index is 0.00000264. The van der Waals surface area contributed by atoms with Gasteiger partial charge in [-0.05, 0) is 45.2 Å². The summed E-state index contributed by atoms with van der Waals surface area (Å²) in [4.78, 5) is 13.3. The number of fused-ring (bicyclic) bond motifs is 1. The maximum Gasteiger partial charge on any atom is 0.401 e. The van der Waals surface area contributed by atoms with Crippen LogP contribution in [0.15, 0.2) is 0 Å². The van der Waals surface area contributed by atoms with Gasteiger partial charge in [0, 0.05) is 12.6 Å². The molecule has 2 aliphatic rings. The number of halogens is 5. The highest BCUT2D eigenvalue weighted by Crippen LogP contribution is 2.33. The second kappa shape index (κ2) is 10.7. The minimum Gasteiger partial charge on any atom is -0.355 e. The Morgan fingerprint density at radius 3 is 2.54 bits per heavy atom. The first-order valence-electron chi connectivity index (χ1n) is 8.14. The number of rotatable bonds is 6. The Morgan fingerprint density at radius 1 is 1.25 bits per heavy atom. The summed E-state index contributed by atoms with van der Waals surface area (Å²) in [6.45, 7) is -0.161. The quantitative estimate of drug-likeness (QED) is 0.681. The van der Waals surface area contributed by atoms with Crippen molar-refractivity contribution in [3.05, 3.63) is 0 Å². The van der Waals surface area contributed by atoms with Crippen molar-refractivity contribution < 1.29 is 18.0 Å². The maximum atomic E-state index is 12.2. The fraction of sp³-hybridized carbons (Fsp3) is 0.933.